The van der Waals surface area contributed by atoms with E-state index >= 15 is 0 Å². The predicted octanol–water partition coefficient (Wildman–Crippen LogP) is 15.2. The van der Waals surface area contributed by atoms with Gasteiger partial charge in [0.25, 0.3) is 0 Å². The van der Waals surface area contributed by atoms with Crippen LogP contribution in [0.2, 0.25) is 0 Å². The van der Waals surface area contributed by atoms with Crippen LogP contribution in [0.4, 0.5) is 0 Å². The van der Waals surface area contributed by atoms with Crippen LogP contribution in [0.25, 0.3) is 0 Å². The summed E-state index contributed by atoms with van der Waals surface area (Å²) in [5.41, 5.74) is 7.18. The fourth-order valence-corrected chi connectivity index (χ4v) is 8.42. The van der Waals surface area contributed by atoms with Gasteiger partial charge in [-0.15, -0.1) is 0 Å². The van der Waals surface area contributed by atoms with Gasteiger partial charge in [0.05, 0.1) is 51.8 Å². The maximum atomic E-state index is 6.38. The van der Waals surface area contributed by atoms with Crippen molar-refractivity contribution in [2.45, 2.75) is 78.8 Å². The van der Waals surface area contributed by atoms with Gasteiger partial charge >= 0.3 is 0 Å². The van der Waals surface area contributed by atoms with Crippen LogP contribution in [0.3, 0.4) is 0 Å². The maximum Gasteiger partial charge on any atom is 0.0717 e. The van der Waals surface area contributed by atoms with E-state index < -0.39 is 0 Å². The summed E-state index contributed by atoms with van der Waals surface area (Å²) in [6.45, 7) is 12.1. The van der Waals surface area contributed by atoms with E-state index in [-0.39, 0.29) is 23.0 Å². The van der Waals surface area contributed by atoms with Gasteiger partial charge in [-0.3, -0.25) is 0 Å². The lowest BCUT2D eigenvalue weighted by atomic mass is 9.77. The minimum atomic E-state index is -0.217. The number of hydrogen-bond donors (Lipinski definition) is 0. The summed E-state index contributed by atoms with van der Waals surface area (Å²) in [6, 6.07) is 55.1. The van der Waals surface area contributed by atoms with Crippen LogP contribution in [0.15, 0.2) is 176 Å². The molecule has 6 aromatic carbocycles. The van der Waals surface area contributed by atoms with Crippen molar-refractivity contribution >= 4 is 63.7 Å². The molecule has 0 saturated heterocycles. The predicted molar refractivity (Wildman–Crippen MR) is 271 cm³/mol. The lowest BCUT2D eigenvalue weighted by Crippen LogP contribution is -2.39. The first-order valence-corrected chi connectivity index (χ1v) is 24.5. The second-order valence-corrected chi connectivity index (χ2v) is 20.6. The van der Waals surface area contributed by atoms with Crippen LogP contribution in [0.5, 0.6) is 0 Å². The first-order chi connectivity index (χ1) is 29.9. The van der Waals surface area contributed by atoms with Crippen molar-refractivity contribution in [2.75, 3.05) is 26.4 Å². The summed E-state index contributed by atoms with van der Waals surface area (Å²) in [7, 11) is 0. The average molecular weight is 1090 g/mol. The molecule has 0 aromatic heterocycles. The summed E-state index contributed by atoms with van der Waals surface area (Å²) >= 11 is 14.2. The smallest absolute Gasteiger partial charge is 0.0717 e. The third kappa shape index (κ3) is 18.3. The highest BCUT2D eigenvalue weighted by Crippen LogP contribution is 2.33. The Bertz CT molecular complexity index is 1970. The molecular formula is C54H60Br4O4. The van der Waals surface area contributed by atoms with Crippen molar-refractivity contribution in [3.63, 3.8) is 0 Å². The first-order valence-electron chi connectivity index (χ1n) is 21.3. The Morgan fingerprint density at radius 1 is 0.339 bits per heavy atom. The Labute approximate surface area is 404 Å². The standard InChI is InChI=1S/C31H30Br2O2.C23H30Br2O2/c32-29-15-11-25(12-16-29)19-31(20-26-13-17-30(33)18-14-26,23-34-21-27-7-3-1-4-8-27)24-35-22-28-9-5-2-6-10-28;1-17(2)26-15-23(16-27-18(3)4,13-19-5-9-21(24)10-6-19)14-20-7-11-22(25)12-8-20/h1-18H,19-24H2;5-12,17-18H,13-16H2,1-4H3. The molecule has 0 fully saturated rings. The van der Waals surface area contributed by atoms with E-state index in [0.29, 0.717) is 39.6 Å². The quantitative estimate of drug-likeness (QED) is 0.0679. The van der Waals surface area contributed by atoms with Gasteiger partial charge in [-0.1, -0.05) is 173 Å². The lowest BCUT2D eigenvalue weighted by Gasteiger charge is -2.35. The van der Waals surface area contributed by atoms with E-state index in [1.54, 1.807) is 0 Å². The summed E-state index contributed by atoms with van der Waals surface area (Å²) in [5, 5.41) is 0. The topological polar surface area (TPSA) is 36.9 Å². The maximum absolute atomic E-state index is 6.38. The SMILES string of the molecule is Brc1ccc(CC(COCc2ccccc2)(COCc2ccccc2)Cc2ccc(Br)cc2)cc1.CC(C)OCC(COC(C)C)(Cc1ccc(Br)cc1)Cc1ccc(Br)cc1. The second-order valence-electron chi connectivity index (χ2n) is 16.9. The molecule has 328 valence electrons. The molecule has 0 spiro atoms. The highest BCUT2D eigenvalue weighted by Gasteiger charge is 2.34. The minimum absolute atomic E-state index is 0.115. The van der Waals surface area contributed by atoms with Crippen molar-refractivity contribution in [1.82, 2.24) is 0 Å². The Balaban J connectivity index is 0.000000243. The third-order valence-corrected chi connectivity index (χ3v) is 12.6. The summed E-state index contributed by atoms with van der Waals surface area (Å²) in [5.74, 6) is 0. The highest BCUT2D eigenvalue weighted by molar-refractivity contribution is 9.11. The molecule has 8 heteroatoms. The van der Waals surface area contributed by atoms with Gasteiger partial charge < -0.3 is 18.9 Å². The van der Waals surface area contributed by atoms with E-state index in [4.69, 9.17) is 18.9 Å². The molecule has 0 amide bonds. The van der Waals surface area contributed by atoms with Gasteiger partial charge in [0, 0.05) is 28.7 Å². The van der Waals surface area contributed by atoms with Gasteiger partial charge in [0.15, 0.2) is 0 Å². The minimum Gasteiger partial charge on any atom is -0.378 e. The zero-order valence-electron chi connectivity index (χ0n) is 36.4. The normalized spacial score (nSPS) is 11.8. The van der Waals surface area contributed by atoms with Crippen molar-refractivity contribution in [3.05, 3.63) is 209 Å². The van der Waals surface area contributed by atoms with Crippen LogP contribution in [0, 0.1) is 10.8 Å². The third-order valence-electron chi connectivity index (χ3n) is 10.5. The monoisotopic (exact) mass is 1090 g/mol. The van der Waals surface area contributed by atoms with Crippen LogP contribution in [-0.2, 0) is 57.8 Å². The van der Waals surface area contributed by atoms with E-state index in [1.165, 1.54) is 33.4 Å². The Kier molecular flexibility index (Phi) is 21.1. The van der Waals surface area contributed by atoms with Crippen LogP contribution >= 0.6 is 63.7 Å². The van der Waals surface area contributed by atoms with Gasteiger partial charge in [-0.05, 0) is 135 Å². The fraction of sp³-hybridized carbons (Fsp3) is 0.333. The fourth-order valence-electron chi connectivity index (χ4n) is 7.36. The number of halogens is 4. The number of benzene rings is 6. The Hall–Kier alpha value is -2.92. The molecule has 0 aliphatic rings. The zero-order chi connectivity index (χ0) is 44.2. The van der Waals surface area contributed by atoms with Crippen molar-refractivity contribution < 1.29 is 18.9 Å². The van der Waals surface area contributed by atoms with E-state index in [1.807, 2.05) is 12.1 Å². The molecule has 0 unspecified atom stereocenters. The zero-order valence-corrected chi connectivity index (χ0v) is 42.7. The summed E-state index contributed by atoms with van der Waals surface area (Å²) in [6.07, 6.45) is 3.93. The molecule has 6 aromatic rings. The van der Waals surface area contributed by atoms with Crippen molar-refractivity contribution in [2.24, 2.45) is 10.8 Å². The molecule has 6 rings (SSSR count). The van der Waals surface area contributed by atoms with Crippen molar-refractivity contribution in [1.29, 1.82) is 0 Å². The lowest BCUT2D eigenvalue weighted by molar-refractivity contribution is -0.0559. The molecule has 0 radical (unpaired) electrons. The molecule has 4 nitrogen and oxygen atoms in total. The van der Waals surface area contributed by atoms with Crippen molar-refractivity contribution in [3.8, 4) is 0 Å². The molecule has 0 N–H and O–H groups in total. The molecule has 0 aliphatic heterocycles. The first kappa shape index (κ1) is 50.1. The molecule has 0 heterocycles. The molecule has 62 heavy (non-hydrogen) atoms. The molecule has 0 atom stereocenters. The Morgan fingerprint density at radius 2 is 0.597 bits per heavy atom. The van der Waals surface area contributed by atoms with Crippen LogP contribution in [0.1, 0.15) is 61.1 Å². The molecule has 0 aliphatic carbocycles. The van der Waals surface area contributed by atoms with E-state index in [9.17, 15) is 0 Å². The summed E-state index contributed by atoms with van der Waals surface area (Å²) in [4.78, 5) is 0. The van der Waals surface area contributed by atoms with E-state index in [0.717, 1.165) is 43.6 Å². The molecular weight excluding hydrogens is 1030 g/mol. The number of hydrogen-bond acceptors (Lipinski definition) is 4. The number of rotatable bonds is 22. The average Bonchev–Trinajstić information content (AvgIpc) is 3.26. The van der Waals surface area contributed by atoms with Crippen LogP contribution < -0.4 is 0 Å². The largest absolute Gasteiger partial charge is 0.378 e. The highest BCUT2D eigenvalue weighted by atomic mass is 79.9. The summed E-state index contributed by atoms with van der Waals surface area (Å²) < 4.78 is 29.4. The van der Waals surface area contributed by atoms with Crippen LogP contribution in [-0.4, -0.2) is 38.6 Å². The second kappa shape index (κ2) is 26.1. The Morgan fingerprint density at radius 3 is 0.855 bits per heavy atom. The number of ether oxygens (including phenoxy) is 4. The molecule has 0 saturated carbocycles. The van der Waals surface area contributed by atoms with Gasteiger partial charge in [-0.25, -0.2) is 0 Å². The van der Waals surface area contributed by atoms with Gasteiger partial charge in [0.1, 0.15) is 0 Å². The van der Waals surface area contributed by atoms with Gasteiger partial charge in [0.2, 0.25) is 0 Å². The van der Waals surface area contributed by atoms with Gasteiger partial charge in [-0.2, -0.15) is 0 Å². The van der Waals surface area contributed by atoms with E-state index in [2.05, 4.69) is 237 Å². The molecule has 0 bridgehead atoms.